The summed E-state index contributed by atoms with van der Waals surface area (Å²) >= 11 is 0. The fraction of sp³-hybridized carbons (Fsp3) is 0.929. The first-order valence-corrected chi connectivity index (χ1v) is 13.8. The van der Waals surface area contributed by atoms with Crippen molar-refractivity contribution in [3.63, 3.8) is 0 Å². The minimum atomic E-state index is -0.262. The monoisotopic (exact) mass is 437 g/mol. The molecule has 1 radical (unpaired) electrons. The second kappa shape index (κ2) is 25.4. The Morgan fingerprint density at radius 1 is 0.613 bits per heavy atom. The Kier molecular flexibility index (Phi) is 24.7. The van der Waals surface area contributed by atoms with Crippen molar-refractivity contribution in [3.8, 4) is 0 Å². The van der Waals surface area contributed by atoms with Gasteiger partial charge in [-0.25, -0.2) is 0 Å². The number of ether oxygens (including phenoxy) is 1. The fourth-order valence-corrected chi connectivity index (χ4v) is 4.16. The number of rotatable bonds is 25. The van der Waals surface area contributed by atoms with Gasteiger partial charge in [0.1, 0.15) is 6.10 Å². The van der Waals surface area contributed by atoms with Crippen molar-refractivity contribution in [1.29, 1.82) is 0 Å². The summed E-state index contributed by atoms with van der Waals surface area (Å²) in [5.74, 6) is -0.132. The number of carbonyl (C=O) groups excluding carboxylic acids is 2. The minimum Gasteiger partial charge on any atom is -0.462 e. The lowest BCUT2D eigenvalue weighted by Crippen LogP contribution is -2.18. The van der Waals surface area contributed by atoms with Crippen LogP contribution in [-0.4, -0.2) is 18.4 Å². The zero-order valence-electron chi connectivity index (χ0n) is 21.1. The number of hydrogen-bond donors (Lipinski definition) is 0. The molecule has 31 heavy (non-hydrogen) atoms. The largest absolute Gasteiger partial charge is 0.462 e. The van der Waals surface area contributed by atoms with Crippen LogP contribution in [-0.2, 0) is 14.3 Å². The van der Waals surface area contributed by atoms with Crippen LogP contribution in [0.15, 0.2) is 0 Å². The quantitative estimate of drug-likeness (QED) is 0.106. The Labute approximate surface area is 194 Å². The average Bonchev–Trinajstić information content (AvgIpc) is 2.76. The SMILES string of the molecule is CCCCCCCCCCCCCC(=O)OC(C[C]=O)CCCCCCCCCCC. The fourth-order valence-electron chi connectivity index (χ4n) is 4.16. The first-order valence-electron chi connectivity index (χ1n) is 13.8. The normalized spacial score (nSPS) is 12.1. The molecule has 0 spiro atoms. The molecule has 0 heterocycles. The van der Waals surface area contributed by atoms with Gasteiger partial charge in [0.2, 0.25) is 6.29 Å². The van der Waals surface area contributed by atoms with Gasteiger partial charge in [-0.2, -0.15) is 0 Å². The molecule has 0 aliphatic heterocycles. The number of hydrogen-bond acceptors (Lipinski definition) is 3. The predicted molar refractivity (Wildman–Crippen MR) is 133 cm³/mol. The molecule has 0 aromatic carbocycles. The van der Waals surface area contributed by atoms with E-state index >= 15 is 0 Å². The van der Waals surface area contributed by atoms with Gasteiger partial charge in [0.05, 0.1) is 6.42 Å². The first-order chi connectivity index (χ1) is 15.2. The summed E-state index contributed by atoms with van der Waals surface area (Å²) in [5.41, 5.74) is 0. The molecule has 0 fully saturated rings. The predicted octanol–water partition coefficient (Wildman–Crippen LogP) is 9.02. The van der Waals surface area contributed by atoms with E-state index in [1.54, 1.807) is 0 Å². The highest BCUT2D eigenvalue weighted by atomic mass is 16.5. The third kappa shape index (κ3) is 23.6. The Morgan fingerprint density at radius 2 is 1.00 bits per heavy atom. The minimum absolute atomic E-state index is 0.132. The van der Waals surface area contributed by atoms with Crippen molar-refractivity contribution in [2.24, 2.45) is 0 Å². The highest BCUT2D eigenvalue weighted by Gasteiger charge is 2.14. The Balaban J connectivity index is 3.58. The maximum atomic E-state index is 12.1. The van der Waals surface area contributed by atoms with E-state index < -0.39 is 0 Å². The first kappa shape index (κ1) is 30.1. The van der Waals surface area contributed by atoms with E-state index in [0.717, 1.165) is 25.7 Å². The molecule has 183 valence electrons. The van der Waals surface area contributed by atoms with Gasteiger partial charge in [-0.3, -0.25) is 9.59 Å². The topological polar surface area (TPSA) is 43.4 Å². The molecule has 1 unspecified atom stereocenters. The van der Waals surface area contributed by atoms with Gasteiger partial charge in [0.25, 0.3) is 0 Å². The standard InChI is InChI=1S/C28H53O3/c1-3-5-7-9-11-13-14-16-18-20-22-24-28(30)31-27(25-26-29)23-21-19-17-15-12-10-8-6-4-2/h27H,3-25H2,1-2H3. The molecule has 0 saturated heterocycles. The lowest BCUT2D eigenvalue weighted by atomic mass is 10.0. The molecule has 3 heteroatoms. The highest BCUT2D eigenvalue weighted by Crippen LogP contribution is 2.16. The molecule has 0 amide bonds. The molecule has 0 rings (SSSR count). The van der Waals surface area contributed by atoms with Crippen LogP contribution in [0.5, 0.6) is 0 Å². The van der Waals surface area contributed by atoms with Crippen molar-refractivity contribution in [2.75, 3.05) is 0 Å². The molecular formula is C28H53O3. The van der Waals surface area contributed by atoms with E-state index in [0.29, 0.717) is 6.42 Å². The molecule has 0 aromatic heterocycles. The summed E-state index contributed by atoms with van der Waals surface area (Å²) in [5, 5.41) is 0. The molecule has 0 aromatic rings. The van der Waals surface area contributed by atoms with Crippen molar-refractivity contribution >= 4 is 12.3 Å². The molecule has 0 N–H and O–H groups in total. The van der Waals surface area contributed by atoms with Crippen LogP contribution in [0.3, 0.4) is 0 Å². The van der Waals surface area contributed by atoms with Gasteiger partial charge in [-0.1, -0.05) is 129 Å². The van der Waals surface area contributed by atoms with Crippen molar-refractivity contribution in [3.05, 3.63) is 0 Å². The molecule has 0 saturated carbocycles. The average molecular weight is 438 g/mol. The van der Waals surface area contributed by atoms with Crippen LogP contribution >= 0.6 is 0 Å². The smallest absolute Gasteiger partial charge is 0.306 e. The summed E-state index contributed by atoms with van der Waals surface area (Å²) in [6, 6.07) is 0. The molecule has 0 bridgehead atoms. The van der Waals surface area contributed by atoms with Crippen LogP contribution in [0.1, 0.15) is 162 Å². The van der Waals surface area contributed by atoms with Crippen LogP contribution in [0.4, 0.5) is 0 Å². The van der Waals surface area contributed by atoms with Crippen LogP contribution in [0, 0.1) is 0 Å². The summed E-state index contributed by atoms with van der Waals surface area (Å²) in [6.45, 7) is 4.51. The van der Waals surface area contributed by atoms with Gasteiger partial charge >= 0.3 is 5.97 Å². The van der Waals surface area contributed by atoms with E-state index in [2.05, 4.69) is 13.8 Å². The van der Waals surface area contributed by atoms with Crippen molar-refractivity contribution in [2.45, 2.75) is 168 Å². The summed E-state index contributed by atoms with van der Waals surface area (Å²) < 4.78 is 5.55. The second-order valence-corrected chi connectivity index (χ2v) is 9.36. The molecule has 1 atom stereocenters. The van der Waals surface area contributed by atoms with Crippen LogP contribution < -0.4 is 0 Å². The number of carbonyl (C=O) groups is 1. The lowest BCUT2D eigenvalue weighted by molar-refractivity contribution is -0.149. The molecule has 0 aliphatic carbocycles. The summed E-state index contributed by atoms with van der Waals surface area (Å²) in [6.07, 6.45) is 28.7. The third-order valence-electron chi connectivity index (χ3n) is 6.22. The third-order valence-corrected chi connectivity index (χ3v) is 6.22. The van der Waals surface area contributed by atoms with Gasteiger partial charge in [-0.05, 0) is 19.3 Å². The molecule has 0 aliphatic rings. The second-order valence-electron chi connectivity index (χ2n) is 9.36. The van der Waals surface area contributed by atoms with Crippen LogP contribution in [0.25, 0.3) is 0 Å². The number of unbranched alkanes of at least 4 members (excludes halogenated alkanes) is 18. The highest BCUT2D eigenvalue weighted by molar-refractivity contribution is 5.69. The number of esters is 1. The van der Waals surface area contributed by atoms with Crippen LogP contribution in [0.2, 0.25) is 0 Å². The van der Waals surface area contributed by atoms with Gasteiger partial charge in [0, 0.05) is 6.42 Å². The summed E-state index contributed by atoms with van der Waals surface area (Å²) in [7, 11) is 0. The van der Waals surface area contributed by atoms with E-state index in [-0.39, 0.29) is 18.5 Å². The van der Waals surface area contributed by atoms with E-state index in [1.807, 2.05) is 6.29 Å². The molecule has 3 nitrogen and oxygen atoms in total. The van der Waals surface area contributed by atoms with Gasteiger partial charge in [0.15, 0.2) is 0 Å². The maximum Gasteiger partial charge on any atom is 0.306 e. The van der Waals surface area contributed by atoms with E-state index in [4.69, 9.17) is 4.74 Å². The van der Waals surface area contributed by atoms with E-state index in [1.165, 1.54) is 109 Å². The van der Waals surface area contributed by atoms with Crippen molar-refractivity contribution in [1.82, 2.24) is 0 Å². The molecular weight excluding hydrogens is 384 g/mol. The Bertz CT molecular complexity index is 380. The zero-order chi connectivity index (χ0) is 22.8. The maximum absolute atomic E-state index is 12.1. The lowest BCUT2D eigenvalue weighted by Gasteiger charge is -2.15. The Morgan fingerprint density at radius 3 is 1.42 bits per heavy atom. The van der Waals surface area contributed by atoms with Crippen molar-refractivity contribution < 1.29 is 14.3 Å². The zero-order valence-corrected chi connectivity index (χ0v) is 21.1. The Hall–Kier alpha value is -0.860. The van der Waals surface area contributed by atoms with Gasteiger partial charge < -0.3 is 4.74 Å². The van der Waals surface area contributed by atoms with E-state index in [9.17, 15) is 9.59 Å². The summed E-state index contributed by atoms with van der Waals surface area (Å²) in [4.78, 5) is 22.9. The van der Waals surface area contributed by atoms with Gasteiger partial charge in [-0.15, -0.1) is 0 Å².